The van der Waals surface area contributed by atoms with E-state index in [-0.39, 0.29) is 0 Å². The zero-order valence-electron chi connectivity index (χ0n) is 11.0. The molecule has 2 nitrogen and oxygen atoms in total. The first kappa shape index (κ1) is 13.1. The molecule has 2 heteroatoms. The standard InChI is InChI=1S/C15H19N2/c1-7-14-11(4)8-13(12(5)16-6)9-15(14)17-10(2)3/h7-9H,1,6H2,2-5H3/q+1. The fourth-order valence-electron chi connectivity index (χ4n) is 1.68. The minimum absolute atomic E-state index is 0.911. The number of rotatable bonds is 3. The lowest BCUT2D eigenvalue weighted by atomic mass is 10.0. The van der Waals surface area contributed by atoms with Gasteiger partial charge in [0, 0.05) is 18.2 Å². The molecular formula is C15H19N2+. The summed E-state index contributed by atoms with van der Waals surface area (Å²) in [7, 11) is 0. The molecule has 0 aliphatic carbocycles. The van der Waals surface area contributed by atoms with Crippen LogP contribution in [0.15, 0.2) is 23.7 Å². The summed E-state index contributed by atoms with van der Waals surface area (Å²) in [5.74, 6) is 0. The second-order valence-electron chi connectivity index (χ2n) is 4.23. The smallest absolute Gasteiger partial charge is 0.258 e. The number of hydrogen-bond donors (Lipinski definition) is 0. The Morgan fingerprint density at radius 3 is 2.41 bits per heavy atom. The van der Waals surface area contributed by atoms with E-state index < -0.39 is 0 Å². The Morgan fingerprint density at radius 2 is 1.94 bits per heavy atom. The van der Waals surface area contributed by atoms with Crippen molar-refractivity contribution in [1.29, 1.82) is 0 Å². The highest BCUT2D eigenvalue weighted by molar-refractivity contribution is 6.00. The summed E-state index contributed by atoms with van der Waals surface area (Å²) in [6, 6.07) is 4.12. The van der Waals surface area contributed by atoms with E-state index in [1.54, 1.807) is 0 Å². The molecule has 17 heavy (non-hydrogen) atoms. The van der Waals surface area contributed by atoms with Gasteiger partial charge in [0.25, 0.3) is 6.72 Å². The van der Waals surface area contributed by atoms with Crippen LogP contribution in [0.2, 0.25) is 0 Å². The Hall–Kier alpha value is -1.92. The van der Waals surface area contributed by atoms with Gasteiger partial charge in [-0.25, -0.2) is 0 Å². The molecule has 0 atom stereocenters. The van der Waals surface area contributed by atoms with Crippen molar-refractivity contribution in [3.05, 3.63) is 35.4 Å². The minimum atomic E-state index is 0.911. The molecule has 0 radical (unpaired) electrons. The third kappa shape index (κ3) is 3.02. The number of hydrogen-bond acceptors (Lipinski definition) is 1. The Kier molecular flexibility index (Phi) is 4.19. The van der Waals surface area contributed by atoms with Crippen LogP contribution in [-0.2, 0) is 0 Å². The van der Waals surface area contributed by atoms with Crippen LogP contribution in [0.1, 0.15) is 37.5 Å². The van der Waals surface area contributed by atoms with Crippen LogP contribution >= 0.6 is 0 Å². The van der Waals surface area contributed by atoms with Crippen molar-refractivity contribution >= 4 is 29.9 Å². The summed E-state index contributed by atoms with van der Waals surface area (Å²) in [5.41, 5.74) is 6.16. The van der Waals surface area contributed by atoms with Gasteiger partial charge in [-0.15, -0.1) is 4.67 Å². The first-order valence-electron chi connectivity index (χ1n) is 5.59. The van der Waals surface area contributed by atoms with Crippen molar-refractivity contribution in [3.63, 3.8) is 0 Å². The zero-order valence-corrected chi connectivity index (χ0v) is 11.0. The van der Waals surface area contributed by atoms with E-state index in [0.717, 1.165) is 33.8 Å². The highest BCUT2D eigenvalue weighted by Crippen LogP contribution is 2.26. The minimum Gasteiger partial charge on any atom is -0.258 e. The molecule has 88 valence electrons. The maximum absolute atomic E-state index is 4.54. The van der Waals surface area contributed by atoms with Gasteiger partial charge in [0.2, 0.25) is 0 Å². The first-order valence-corrected chi connectivity index (χ1v) is 5.59. The van der Waals surface area contributed by atoms with E-state index in [2.05, 4.69) is 35.9 Å². The molecule has 0 N–H and O–H groups in total. The van der Waals surface area contributed by atoms with Crippen molar-refractivity contribution in [2.75, 3.05) is 0 Å². The molecule has 1 aromatic rings. The van der Waals surface area contributed by atoms with Gasteiger partial charge in [-0.2, -0.15) is 0 Å². The summed E-state index contributed by atoms with van der Waals surface area (Å²) in [4.78, 5) is 4.54. The van der Waals surface area contributed by atoms with Gasteiger partial charge in [0.15, 0.2) is 0 Å². The molecule has 1 aromatic carbocycles. The van der Waals surface area contributed by atoms with Crippen molar-refractivity contribution in [2.24, 2.45) is 4.99 Å². The van der Waals surface area contributed by atoms with Crippen LogP contribution < -0.4 is 4.67 Å². The van der Waals surface area contributed by atoms with Gasteiger partial charge in [-0.3, -0.25) is 4.99 Å². The van der Waals surface area contributed by atoms with Crippen LogP contribution in [0, 0.1) is 6.92 Å². The van der Waals surface area contributed by atoms with Crippen LogP contribution in [0.3, 0.4) is 0 Å². The Balaban J connectivity index is 3.55. The Labute approximate surface area is 103 Å². The zero-order chi connectivity index (χ0) is 13.0. The van der Waals surface area contributed by atoms with E-state index in [1.165, 1.54) is 0 Å². The molecule has 0 saturated carbocycles. The van der Waals surface area contributed by atoms with Gasteiger partial charge < -0.3 is 0 Å². The molecule has 1 rings (SSSR count). The first-order chi connectivity index (χ1) is 7.99. The Morgan fingerprint density at radius 1 is 1.29 bits per heavy atom. The highest BCUT2D eigenvalue weighted by atomic mass is 14.7. The molecule has 0 saturated heterocycles. The highest BCUT2D eigenvalue weighted by Gasteiger charge is 2.11. The summed E-state index contributed by atoms with van der Waals surface area (Å²) >= 11 is 0. The lowest BCUT2D eigenvalue weighted by Gasteiger charge is -2.07. The predicted octanol–water partition coefficient (Wildman–Crippen LogP) is 3.33. The molecule has 0 fully saturated rings. The third-order valence-electron chi connectivity index (χ3n) is 2.57. The molecule has 0 amide bonds. The molecule has 0 spiro atoms. The van der Waals surface area contributed by atoms with Crippen molar-refractivity contribution < 1.29 is 0 Å². The van der Waals surface area contributed by atoms with Crippen molar-refractivity contribution in [2.45, 2.75) is 27.7 Å². The van der Waals surface area contributed by atoms with E-state index in [1.807, 2.05) is 32.9 Å². The lowest BCUT2D eigenvalue weighted by Crippen LogP contribution is -1.99. The molecular weight excluding hydrogens is 208 g/mol. The number of aliphatic imine (C=N–C) groups is 1. The molecule has 0 heterocycles. The monoisotopic (exact) mass is 227 g/mol. The van der Waals surface area contributed by atoms with Gasteiger partial charge >= 0.3 is 5.71 Å². The molecule has 0 aliphatic rings. The number of benzene rings is 1. The molecule has 0 aliphatic heterocycles. The van der Waals surface area contributed by atoms with Crippen molar-refractivity contribution in [3.8, 4) is 0 Å². The van der Waals surface area contributed by atoms with Crippen molar-refractivity contribution in [1.82, 2.24) is 4.67 Å². The van der Waals surface area contributed by atoms with Gasteiger partial charge in [-0.1, -0.05) is 12.7 Å². The second kappa shape index (κ2) is 5.42. The number of nitrogens with zero attached hydrogens (tertiary/aromatic N) is 2. The maximum Gasteiger partial charge on any atom is 0.307 e. The Bertz CT molecular complexity index is 526. The lowest BCUT2D eigenvalue weighted by molar-refractivity contribution is 1.37. The van der Waals surface area contributed by atoms with Crippen LogP contribution in [-0.4, -0.2) is 18.1 Å². The number of aryl methyl sites for hydroxylation is 1. The summed E-state index contributed by atoms with van der Waals surface area (Å²) in [6.07, 6.45) is 1.84. The summed E-state index contributed by atoms with van der Waals surface area (Å²) < 4.78 is 3.97. The largest absolute Gasteiger partial charge is 0.307 e. The summed E-state index contributed by atoms with van der Waals surface area (Å²) in [5, 5.41) is 0. The third-order valence-corrected chi connectivity index (χ3v) is 2.57. The van der Waals surface area contributed by atoms with Crippen LogP contribution in [0.25, 0.3) is 6.08 Å². The van der Waals surface area contributed by atoms with Gasteiger partial charge in [-0.05, 0) is 38.5 Å². The van der Waals surface area contributed by atoms with Gasteiger partial charge in [0.1, 0.15) is 0 Å². The topological polar surface area (TPSA) is 26.5 Å². The molecule has 0 bridgehead atoms. The van der Waals surface area contributed by atoms with E-state index in [4.69, 9.17) is 0 Å². The fourth-order valence-corrected chi connectivity index (χ4v) is 1.68. The van der Waals surface area contributed by atoms with E-state index in [9.17, 15) is 0 Å². The van der Waals surface area contributed by atoms with E-state index in [0.29, 0.717) is 0 Å². The molecule has 0 unspecified atom stereocenters. The molecule has 0 aromatic heterocycles. The van der Waals surface area contributed by atoms with Crippen LogP contribution in [0.5, 0.6) is 0 Å². The quantitative estimate of drug-likeness (QED) is 0.559. The average Bonchev–Trinajstić information content (AvgIpc) is 2.26. The van der Waals surface area contributed by atoms with E-state index >= 15 is 0 Å². The summed E-state index contributed by atoms with van der Waals surface area (Å²) in [6.45, 7) is 15.4. The average molecular weight is 227 g/mol. The SMILES string of the molecule is C=Cc1c(C)cc(C(C)=[N+]=C)cc1N=C(C)C. The predicted molar refractivity (Wildman–Crippen MR) is 78.8 cm³/mol. The maximum atomic E-state index is 4.54. The second-order valence-corrected chi connectivity index (χ2v) is 4.23. The van der Waals surface area contributed by atoms with Gasteiger partial charge in [0.05, 0.1) is 11.3 Å². The van der Waals surface area contributed by atoms with Crippen LogP contribution in [0.4, 0.5) is 5.69 Å². The fraction of sp³-hybridized carbons (Fsp3) is 0.267. The normalized spacial score (nSPS) is 9.41.